The molecule has 0 fully saturated rings. The molecule has 0 saturated heterocycles. The third kappa shape index (κ3) is 7.45. The van der Waals surface area contributed by atoms with Crippen LogP contribution in [0.15, 0.2) is 58.9 Å². The van der Waals surface area contributed by atoms with E-state index in [4.69, 9.17) is 0 Å². The Bertz CT molecular complexity index is 808. The fraction of sp³-hybridized carbons (Fsp3) is 0.480. The minimum atomic E-state index is -0.362. The van der Waals surface area contributed by atoms with Crippen LogP contribution in [0.2, 0.25) is 0 Å². The molecule has 2 unspecified atom stereocenters. The first-order chi connectivity index (χ1) is 13.8. The van der Waals surface area contributed by atoms with Gasteiger partial charge in [-0.1, -0.05) is 56.6 Å². The summed E-state index contributed by atoms with van der Waals surface area (Å²) in [6.07, 6.45) is 16.3. The third-order valence-corrected chi connectivity index (χ3v) is 5.43. The number of hydrogen-bond donors (Lipinski definition) is 1. The van der Waals surface area contributed by atoms with E-state index < -0.39 is 0 Å². The van der Waals surface area contributed by atoms with E-state index in [-0.39, 0.29) is 23.2 Å². The first kappa shape index (κ1) is 22.8. The topological polar surface area (TPSA) is 63.2 Å². The van der Waals surface area contributed by atoms with Crippen LogP contribution in [0.3, 0.4) is 0 Å². The lowest BCUT2D eigenvalue weighted by Crippen LogP contribution is -2.31. The molecule has 0 aromatic carbocycles. The predicted molar refractivity (Wildman–Crippen MR) is 117 cm³/mol. The number of carbonyl (C=O) groups is 3. The van der Waals surface area contributed by atoms with Gasteiger partial charge in [-0.15, -0.1) is 0 Å². The molecule has 0 radical (unpaired) electrons. The van der Waals surface area contributed by atoms with Gasteiger partial charge in [-0.3, -0.25) is 14.4 Å². The minimum absolute atomic E-state index is 0.0767. The maximum atomic E-state index is 12.8. The molecule has 4 heteroatoms. The van der Waals surface area contributed by atoms with Crippen molar-refractivity contribution in [3.63, 3.8) is 0 Å². The lowest BCUT2D eigenvalue weighted by atomic mass is 9.88. The summed E-state index contributed by atoms with van der Waals surface area (Å²) in [6.45, 7) is 8.23. The molecule has 2 aliphatic rings. The smallest absolute Gasteiger partial charge is 0.251 e. The Morgan fingerprint density at radius 1 is 1.03 bits per heavy atom. The van der Waals surface area contributed by atoms with Gasteiger partial charge in [-0.2, -0.15) is 0 Å². The summed E-state index contributed by atoms with van der Waals surface area (Å²) in [7, 11) is 0. The number of rotatable bonds is 0. The summed E-state index contributed by atoms with van der Waals surface area (Å²) < 4.78 is 0. The first-order valence-corrected chi connectivity index (χ1v) is 10.6. The molecule has 0 spiro atoms. The number of Topliss-reactive ketones (excluding diaryl/α,β-unsaturated/α-hetero) is 1. The molecule has 2 rings (SSSR count). The van der Waals surface area contributed by atoms with Crippen LogP contribution < -0.4 is 5.32 Å². The van der Waals surface area contributed by atoms with Crippen molar-refractivity contribution in [2.24, 2.45) is 11.8 Å². The number of carbonyl (C=O) groups excluding carboxylic acids is 3. The highest BCUT2D eigenvalue weighted by Gasteiger charge is 2.24. The van der Waals surface area contributed by atoms with E-state index in [1.54, 1.807) is 13.0 Å². The molecule has 29 heavy (non-hydrogen) atoms. The maximum Gasteiger partial charge on any atom is 0.251 e. The molecule has 2 bridgehead atoms. The van der Waals surface area contributed by atoms with Gasteiger partial charge in [0.1, 0.15) is 0 Å². The predicted octanol–water partition coefficient (Wildman–Crippen LogP) is 5.14. The van der Waals surface area contributed by atoms with E-state index in [2.05, 4.69) is 32.2 Å². The lowest BCUT2D eigenvalue weighted by molar-refractivity contribution is -0.120. The summed E-state index contributed by atoms with van der Waals surface area (Å²) in [6, 6.07) is 0. The van der Waals surface area contributed by atoms with Crippen molar-refractivity contribution in [3.05, 3.63) is 58.9 Å². The fourth-order valence-corrected chi connectivity index (χ4v) is 3.74. The summed E-state index contributed by atoms with van der Waals surface area (Å²) in [5, 5.41) is 2.62. The van der Waals surface area contributed by atoms with Crippen LogP contribution in [-0.4, -0.2) is 17.5 Å². The highest BCUT2D eigenvalue weighted by Crippen LogP contribution is 2.24. The standard InChI is InChI=1S/C25H33NO3/c1-17-9-6-5-7-12-20(4)25(29)26-23-16-22(27)15-21(24(23)28)14-19(3)11-8-10-18(2)13-17/h5,7,12-13,15-16,18-19H,6,8-11,14H2,1-4H3,(H,26,29)/b7-5-,17-13-,20-12-. The van der Waals surface area contributed by atoms with Crippen LogP contribution in [0.4, 0.5) is 0 Å². The van der Waals surface area contributed by atoms with E-state index in [1.807, 2.05) is 12.2 Å². The fourth-order valence-electron chi connectivity index (χ4n) is 3.74. The molecule has 1 aliphatic heterocycles. The summed E-state index contributed by atoms with van der Waals surface area (Å²) in [5.74, 6) is -0.0250. The van der Waals surface area contributed by atoms with Gasteiger partial charge >= 0.3 is 0 Å². The van der Waals surface area contributed by atoms with E-state index in [0.29, 0.717) is 29.4 Å². The van der Waals surface area contributed by atoms with Crippen molar-refractivity contribution in [2.45, 2.75) is 66.2 Å². The monoisotopic (exact) mass is 395 g/mol. The van der Waals surface area contributed by atoms with E-state index in [9.17, 15) is 14.4 Å². The van der Waals surface area contributed by atoms with Crippen molar-refractivity contribution in [1.29, 1.82) is 0 Å². The molecule has 0 saturated carbocycles. The molecule has 1 amide bonds. The second kappa shape index (κ2) is 10.9. The number of nitrogens with one attached hydrogen (secondary N) is 1. The van der Waals surface area contributed by atoms with Gasteiger partial charge < -0.3 is 5.32 Å². The first-order valence-electron chi connectivity index (χ1n) is 10.6. The van der Waals surface area contributed by atoms with E-state index in [0.717, 1.165) is 32.1 Å². The Balaban J connectivity index is 2.21. The van der Waals surface area contributed by atoms with E-state index in [1.165, 1.54) is 17.7 Å². The van der Waals surface area contributed by atoms with Crippen molar-refractivity contribution in [3.8, 4) is 0 Å². The number of ketones is 2. The van der Waals surface area contributed by atoms with Crippen LogP contribution in [-0.2, 0) is 14.4 Å². The average Bonchev–Trinajstić information content (AvgIpc) is 2.64. The van der Waals surface area contributed by atoms with Crippen LogP contribution in [0.1, 0.15) is 66.2 Å². The normalized spacial score (nSPS) is 30.3. The quantitative estimate of drug-likeness (QED) is 0.456. The molecule has 1 aliphatic carbocycles. The number of fused-ring (bicyclic) bond motifs is 2. The Morgan fingerprint density at radius 3 is 2.55 bits per heavy atom. The van der Waals surface area contributed by atoms with Crippen LogP contribution in [0, 0.1) is 11.8 Å². The molecule has 0 aromatic rings. The summed E-state index contributed by atoms with van der Waals surface area (Å²) >= 11 is 0. The highest BCUT2D eigenvalue weighted by atomic mass is 16.2. The zero-order chi connectivity index (χ0) is 21.4. The second-order valence-electron chi connectivity index (χ2n) is 8.46. The molecule has 1 N–H and O–H groups in total. The van der Waals surface area contributed by atoms with Gasteiger partial charge in [-0.05, 0) is 57.4 Å². The Hall–Kier alpha value is -2.49. The minimum Gasteiger partial charge on any atom is -0.319 e. The highest BCUT2D eigenvalue weighted by molar-refractivity contribution is 6.21. The zero-order valence-electron chi connectivity index (χ0n) is 18.1. The Morgan fingerprint density at radius 2 is 1.79 bits per heavy atom. The van der Waals surface area contributed by atoms with Crippen molar-refractivity contribution in [2.75, 3.05) is 0 Å². The van der Waals surface area contributed by atoms with Crippen molar-refractivity contribution in [1.82, 2.24) is 5.32 Å². The van der Waals surface area contributed by atoms with Gasteiger partial charge in [-0.25, -0.2) is 0 Å². The zero-order valence-corrected chi connectivity index (χ0v) is 18.1. The summed E-state index contributed by atoms with van der Waals surface area (Å²) in [4.78, 5) is 37.2. The van der Waals surface area contributed by atoms with Crippen molar-refractivity contribution >= 4 is 17.5 Å². The third-order valence-electron chi connectivity index (χ3n) is 5.43. The molecule has 156 valence electrons. The molecule has 1 heterocycles. The number of amides is 1. The van der Waals surface area contributed by atoms with Crippen molar-refractivity contribution < 1.29 is 14.4 Å². The molecular weight excluding hydrogens is 362 g/mol. The SMILES string of the molecule is C/C1=C/C(C)CCCC(C)CC2=CC(=O)C=C(NC(=O)/C(C)=C\C=C/CC1)C2=O. The lowest BCUT2D eigenvalue weighted by Gasteiger charge is -2.18. The van der Waals surface area contributed by atoms with Gasteiger partial charge in [0.2, 0.25) is 5.78 Å². The van der Waals surface area contributed by atoms with Gasteiger partial charge in [0, 0.05) is 17.2 Å². The summed E-state index contributed by atoms with van der Waals surface area (Å²) in [5.41, 5.74) is 2.45. The van der Waals surface area contributed by atoms with Crippen LogP contribution >= 0.6 is 0 Å². The Labute approximate surface area is 174 Å². The van der Waals surface area contributed by atoms with Crippen LogP contribution in [0.25, 0.3) is 0 Å². The van der Waals surface area contributed by atoms with Gasteiger partial charge in [0.15, 0.2) is 5.78 Å². The molecule has 2 atom stereocenters. The number of allylic oxidation sites excluding steroid dienone is 8. The average molecular weight is 396 g/mol. The Kier molecular flexibility index (Phi) is 8.56. The van der Waals surface area contributed by atoms with Crippen LogP contribution in [0.5, 0.6) is 0 Å². The van der Waals surface area contributed by atoms with Gasteiger partial charge in [0.05, 0.1) is 5.70 Å². The second-order valence-corrected chi connectivity index (χ2v) is 8.46. The maximum absolute atomic E-state index is 12.8. The molecule has 4 nitrogen and oxygen atoms in total. The van der Waals surface area contributed by atoms with Gasteiger partial charge in [0.25, 0.3) is 5.91 Å². The van der Waals surface area contributed by atoms with E-state index >= 15 is 0 Å². The molecular formula is C25H33NO3. The largest absolute Gasteiger partial charge is 0.319 e. The number of hydrogen-bond acceptors (Lipinski definition) is 3. The molecule has 0 aromatic heterocycles.